The number of alkyl halides is 6. The van der Waals surface area contributed by atoms with Crippen molar-refractivity contribution in [1.29, 1.82) is 0 Å². The van der Waals surface area contributed by atoms with Crippen molar-refractivity contribution in [2.75, 3.05) is 5.75 Å². The lowest BCUT2D eigenvalue weighted by atomic mass is 9.49. The Labute approximate surface area is 151 Å². The van der Waals surface area contributed by atoms with Gasteiger partial charge >= 0.3 is 23.9 Å². The third-order valence-corrected chi connectivity index (χ3v) is 6.79. The van der Waals surface area contributed by atoms with Crippen LogP contribution in [0.25, 0.3) is 0 Å². The highest BCUT2D eigenvalue weighted by Gasteiger charge is 2.76. The monoisotopic (exact) mass is 423 g/mol. The number of rotatable bonds is 4. The Hall–Kier alpha value is -1.04. The highest BCUT2D eigenvalue weighted by atomic mass is 32.2. The molecule has 5 nitrogen and oxygen atoms in total. The molecule has 0 aromatic heterocycles. The van der Waals surface area contributed by atoms with Gasteiger partial charge in [-0.2, -0.15) is 26.3 Å². The quantitative estimate of drug-likeness (QED) is 0.394. The van der Waals surface area contributed by atoms with Gasteiger partial charge in [-0.15, -0.1) is 0 Å². The zero-order chi connectivity index (χ0) is 20.5. The number of hydrogen-bond acceptors (Lipinski definition) is 5. The maximum atomic E-state index is 13.3. The van der Waals surface area contributed by atoms with Gasteiger partial charge in [-0.1, -0.05) is 0 Å². The lowest BCUT2D eigenvalue weighted by Gasteiger charge is -2.55. The summed E-state index contributed by atoms with van der Waals surface area (Å²) >= 11 is 0. The third kappa shape index (κ3) is 3.54. The number of carbonyl (C=O) groups excluding carboxylic acids is 1. The first-order valence-electron chi connectivity index (χ1n) is 8.37. The molecule has 0 radical (unpaired) electrons. The van der Waals surface area contributed by atoms with Crippen LogP contribution in [0.2, 0.25) is 0 Å². The minimum Gasteiger partial charge on any atom is -0.748 e. The zero-order valence-corrected chi connectivity index (χ0v) is 14.7. The predicted molar refractivity (Wildman–Crippen MR) is 76.1 cm³/mol. The summed E-state index contributed by atoms with van der Waals surface area (Å²) < 4.78 is 116. The summed E-state index contributed by atoms with van der Waals surface area (Å²) in [6, 6.07) is 0. The number of ether oxygens (including phenoxy) is 1. The normalized spacial score (nSPS) is 34.0. The Morgan fingerprint density at radius 2 is 1.30 bits per heavy atom. The van der Waals surface area contributed by atoms with Gasteiger partial charge in [-0.05, 0) is 56.3 Å². The van der Waals surface area contributed by atoms with Crippen molar-refractivity contribution in [2.24, 2.45) is 23.2 Å². The van der Waals surface area contributed by atoms with Crippen molar-refractivity contribution in [3.8, 4) is 0 Å². The van der Waals surface area contributed by atoms with Crippen LogP contribution in [0.15, 0.2) is 0 Å². The van der Waals surface area contributed by atoms with Gasteiger partial charge in [0.25, 0.3) is 0 Å². The maximum absolute atomic E-state index is 13.3. The highest BCUT2D eigenvalue weighted by Crippen LogP contribution is 2.61. The second kappa shape index (κ2) is 5.98. The minimum atomic E-state index is -6.32. The highest BCUT2D eigenvalue weighted by molar-refractivity contribution is 7.85. The van der Waals surface area contributed by atoms with Crippen molar-refractivity contribution >= 4 is 16.1 Å². The first-order valence-corrected chi connectivity index (χ1v) is 9.95. The van der Waals surface area contributed by atoms with E-state index in [4.69, 9.17) is 0 Å². The fourth-order valence-corrected chi connectivity index (χ4v) is 6.23. The van der Waals surface area contributed by atoms with Crippen molar-refractivity contribution in [3.05, 3.63) is 0 Å². The molecule has 12 heteroatoms. The summed E-state index contributed by atoms with van der Waals surface area (Å²) in [6.07, 6.45) is -9.97. The van der Waals surface area contributed by atoms with E-state index in [1.807, 2.05) is 0 Å². The molecule has 0 N–H and O–H groups in total. The molecule has 4 bridgehead atoms. The van der Waals surface area contributed by atoms with E-state index in [1.54, 1.807) is 0 Å². The van der Waals surface area contributed by atoms with E-state index in [-0.39, 0.29) is 37.0 Å². The van der Waals surface area contributed by atoms with Gasteiger partial charge in [0.15, 0.2) is 0 Å². The number of halogens is 6. The van der Waals surface area contributed by atoms with E-state index >= 15 is 0 Å². The smallest absolute Gasteiger partial charge is 0.438 e. The van der Waals surface area contributed by atoms with E-state index in [0.29, 0.717) is 0 Å². The van der Waals surface area contributed by atoms with E-state index in [9.17, 15) is 44.1 Å². The fourth-order valence-electron chi connectivity index (χ4n) is 5.35. The lowest BCUT2D eigenvalue weighted by molar-refractivity contribution is -0.364. The average molecular weight is 423 g/mol. The largest absolute Gasteiger partial charge is 0.748 e. The molecule has 0 aromatic carbocycles. The molecular formula is C15H17F6O5S-. The average Bonchev–Trinajstić information content (AvgIpc) is 2.40. The molecule has 4 aliphatic rings. The van der Waals surface area contributed by atoms with Crippen LogP contribution in [0, 0.1) is 23.2 Å². The number of hydrogen-bond donors (Lipinski definition) is 0. The van der Waals surface area contributed by atoms with E-state index < -0.39 is 45.2 Å². The predicted octanol–water partition coefficient (Wildman–Crippen LogP) is 3.15. The molecule has 0 saturated heterocycles. The molecular weight excluding hydrogens is 406 g/mol. The second-order valence-electron chi connectivity index (χ2n) is 8.11. The van der Waals surface area contributed by atoms with Crippen molar-refractivity contribution in [1.82, 2.24) is 0 Å². The molecule has 0 atom stereocenters. The van der Waals surface area contributed by atoms with Gasteiger partial charge in [0.05, 0.1) is 21.3 Å². The fraction of sp³-hybridized carbons (Fsp3) is 0.933. The van der Waals surface area contributed by atoms with Gasteiger partial charge in [-0.3, -0.25) is 4.79 Å². The Balaban J connectivity index is 1.98. The third-order valence-electron chi connectivity index (χ3n) is 6.03. The van der Waals surface area contributed by atoms with E-state index in [2.05, 4.69) is 4.74 Å². The van der Waals surface area contributed by atoms with Crippen LogP contribution in [0.1, 0.15) is 38.5 Å². The molecule has 4 fully saturated rings. The van der Waals surface area contributed by atoms with Crippen LogP contribution in [-0.4, -0.2) is 42.6 Å². The molecule has 0 amide bonds. The van der Waals surface area contributed by atoms with Crippen LogP contribution in [0.3, 0.4) is 0 Å². The van der Waals surface area contributed by atoms with Gasteiger partial charge in [0.1, 0.15) is 0 Å². The van der Waals surface area contributed by atoms with E-state index in [0.717, 1.165) is 19.3 Å². The molecule has 4 aliphatic carbocycles. The lowest BCUT2D eigenvalue weighted by Crippen LogP contribution is -2.65. The number of carbonyl (C=O) groups is 1. The molecule has 0 spiro atoms. The van der Waals surface area contributed by atoms with E-state index in [1.165, 1.54) is 0 Å². The molecule has 0 unspecified atom stereocenters. The SMILES string of the molecule is O=C(OC(CS(=O)(=O)[O-])(C(F)(F)F)C(F)(F)F)C12CC3CC(CC(C3)C1)C2. The van der Waals surface area contributed by atoms with Crippen molar-refractivity contribution in [2.45, 2.75) is 56.5 Å². The van der Waals surface area contributed by atoms with Crippen molar-refractivity contribution in [3.63, 3.8) is 0 Å². The van der Waals surface area contributed by atoms with Gasteiger partial charge < -0.3 is 9.29 Å². The summed E-state index contributed by atoms with van der Waals surface area (Å²) in [5, 5.41) is 0. The summed E-state index contributed by atoms with van der Waals surface area (Å²) in [7, 11) is -6.02. The molecule has 4 rings (SSSR count). The van der Waals surface area contributed by atoms with Crippen LogP contribution < -0.4 is 0 Å². The zero-order valence-electron chi connectivity index (χ0n) is 13.9. The Morgan fingerprint density at radius 1 is 0.926 bits per heavy atom. The summed E-state index contributed by atoms with van der Waals surface area (Å²) in [6.45, 7) is 0. The maximum Gasteiger partial charge on any atom is 0.438 e. The summed E-state index contributed by atoms with van der Waals surface area (Å²) in [5.41, 5.74) is -6.86. The molecule has 27 heavy (non-hydrogen) atoms. The minimum absolute atomic E-state index is 0.0261. The number of esters is 1. The summed E-state index contributed by atoms with van der Waals surface area (Å²) in [5.74, 6) is -4.57. The van der Waals surface area contributed by atoms with Crippen molar-refractivity contribution < 1.29 is 48.8 Å². The van der Waals surface area contributed by atoms with Crippen LogP contribution >= 0.6 is 0 Å². The van der Waals surface area contributed by atoms with Gasteiger partial charge in [0.2, 0.25) is 0 Å². The summed E-state index contributed by atoms with van der Waals surface area (Å²) in [4.78, 5) is 12.6. The Kier molecular flexibility index (Phi) is 4.58. The van der Waals surface area contributed by atoms with Crippen LogP contribution in [0.4, 0.5) is 26.3 Å². The Bertz CT molecular complexity index is 677. The van der Waals surface area contributed by atoms with Gasteiger partial charge in [0, 0.05) is 0 Å². The molecule has 0 heterocycles. The standard InChI is InChI=1S/C15H18F6O5S/c16-14(17,18)13(15(19,20)21,7-27(23,24)25)26-11(22)12-4-8-1-9(5-12)3-10(2-8)6-12/h8-10H,1-7H2,(H,23,24,25)/p-1. The Morgan fingerprint density at radius 3 is 1.59 bits per heavy atom. The first kappa shape index (κ1) is 20.7. The van der Waals surface area contributed by atoms with Gasteiger partial charge in [-0.25, -0.2) is 8.42 Å². The molecule has 156 valence electrons. The second-order valence-corrected chi connectivity index (χ2v) is 9.52. The van der Waals surface area contributed by atoms with Crippen LogP contribution in [0.5, 0.6) is 0 Å². The topological polar surface area (TPSA) is 83.5 Å². The van der Waals surface area contributed by atoms with Crippen LogP contribution in [-0.2, 0) is 19.6 Å². The molecule has 4 saturated carbocycles. The first-order chi connectivity index (χ1) is 12.1. The molecule has 0 aromatic rings. The molecule has 0 aliphatic heterocycles.